The predicted octanol–water partition coefficient (Wildman–Crippen LogP) is 4.36. The zero-order valence-electron chi connectivity index (χ0n) is 15.2. The lowest BCUT2D eigenvalue weighted by molar-refractivity contribution is -0.137. The number of nitrogens with one attached hydrogen (secondary N) is 2. The summed E-state index contributed by atoms with van der Waals surface area (Å²) < 4.78 is 42.4. The third-order valence-electron chi connectivity index (χ3n) is 4.14. The van der Waals surface area contributed by atoms with Crippen LogP contribution in [-0.2, 0) is 17.5 Å². The van der Waals surface area contributed by atoms with Crippen molar-refractivity contribution >= 4 is 28.5 Å². The van der Waals surface area contributed by atoms with Crippen molar-refractivity contribution in [2.75, 3.05) is 12.4 Å². The zero-order chi connectivity index (χ0) is 21.0. The summed E-state index contributed by atoms with van der Waals surface area (Å²) in [6.07, 6.45) is -2.95. The number of hydrogen-bond donors (Lipinski definition) is 2. The Hall–Kier alpha value is -3.62. The molecule has 6 nitrogen and oxygen atoms in total. The van der Waals surface area contributed by atoms with E-state index < -0.39 is 23.7 Å². The second-order valence-corrected chi connectivity index (χ2v) is 6.09. The summed E-state index contributed by atoms with van der Waals surface area (Å²) >= 11 is 0. The van der Waals surface area contributed by atoms with Crippen molar-refractivity contribution in [2.45, 2.75) is 12.7 Å². The van der Waals surface area contributed by atoms with Gasteiger partial charge in [-0.05, 0) is 35.2 Å². The van der Waals surface area contributed by atoms with E-state index in [-0.39, 0.29) is 12.2 Å². The number of esters is 1. The van der Waals surface area contributed by atoms with Crippen molar-refractivity contribution in [2.24, 2.45) is 0 Å². The van der Waals surface area contributed by atoms with Crippen molar-refractivity contribution in [3.05, 3.63) is 71.5 Å². The molecule has 3 aromatic rings. The van der Waals surface area contributed by atoms with Gasteiger partial charge in [-0.25, -0.2) is 14.6 Å². The summed E-state index contributed by atoms with van der Waals surface area (Å²) in [5, 5.41) is 6.55. The number of carbonyl (C=O) groups is 2. The Morgan fingerprint density at radius 1 is 1.10 bits per heavy atom. The maximum Gasteiger partial charge on any atom is 0.416 e. The summed E-state index contributed by atoms with van der Waals surface area (Å²) in [6.45, 7) is 0.0550. The molecule has 3 rings (SSSR count). The average Bonchev–Trinajstić information content (AvgIpc) is 2.71. The highest BCUT2D eigenvalue weighted by molar-refractivity contribution is 6.02. The van der Waals surface area contributed by atoms with E-state index in [0.717, 1.165) is 12.1 Å². The van der Waals surface area contributed by atoms with Gasteiger partial charge in [0.05, 0.1) is 18.4 Å². The lowest BCUT2D eigenvalue weighted by Crippen LogP contribution is -2.28. The first kappa shape index (κ1) is 20.1. The van der Waals surface area contributed by atoms with Crippen LogP contribution in [0.25, 0.3) is 10.8 Å². The monoisotopic (exact) mass is 403 g/mol. The van der Waals surface area contributed by atoms with Gasteiger partial charge in [0.15, 0.2) is 0 Å². The predicted molar refractivity (Wildman–Crippen MR) is 100 cm³/mol. The molecule has 150 valence electrons. The number of alkyl halides is 3. The van der Waals surface area contributed by atoms with Crippen LogP contribution in [-0.4, -0.2) is 24.1 Å². The van der Waals surface area contributed by atoms with Gasteiger partial charge in [-0.3, -0.25) is 0 Å². The first-order chi connectivity index (χ1) is 13.8. The van der Waals surface area contributed by atoms with E-state index in [1.165, 1.54) is 25.4 Å². The van der Waals surface area contributed by atoms with Crippen LogP contribution in [0, 0.1) is 0 Å². The van der Waals surface area contributed by atoms with Crippen LogP contribution in [0.1, 0.15) is 21.6 Å². The third-order valence-corrected chi connectivity index (χ3v) is 4.14. The topological polar surface area (TPSA) is 80.3 Å². The van der Waals surface area contributed by atoms with Gasteiger partial charge in [0.2, 0.25) is 0 Å². The van der Waals surface area contributed by atoms with Crippen LogP contribution in [0.5, 0.6) is 0 Å². The number of aromatic nitrogens is 1. The number of fused-ring (bicyclic) bond motifs is 1. The van der Waals surface area contributed by atoms with E-state index in [2.05, 4.69) is 20.4 Å². The van der Waals surface area contributed by atoms with Crippen LogP contribution in [0.15, 0.2) is 54.7 Å². The van der Waals surface area contributed by atoms with Gasteiger partial charge in [0.25, 0.3) is 0 Å². The summed E-state index contributed by atoms with van der Waals surface area (Å²) in [6, 6.07) is 10.7. The molecule has 1 aromatic heterocycles. The van der Waals surface area contributed by atoms with Gasteiger partial charge in [-0.2, -0.15) is 13.2 Å². The molecule has 0 aliphatic heterocycles. The van der Waals surface area contributed by atoms with Gasteiger partial charge in [-0.15, -0.1) is 0 Å². The Labute approximate surface area is 163 Å². The number of ether oxygens (including phenoxy) is 1. The maximum atomic E-state index is 12.6. The van der Waals surface area contributed by atoms with Gasteiger partial charge in [-0.1, -0.05) is 24.3 Å². The smallest absolute Gasteiger partial charge is 0.416 e. The molecule has 0 saturated carbocycles. The number of rotatable bonds is 4. The van der Waals surface area contributed by atoms with Crippen LogP contribution in [0.2, 0.25) is 0 Å². The number of urea groups is 1. The Kier molecular flexibility index (Phi) is 5.67. The second-order valence-electron chi connectivity index (χ2n) is 6.09. The molecule has 0 aliphatic carbocycles. The zero-order valence-corrected chi connectivity index (χ0v) is 15.2. The number of hydrogen-bond acceptors (Lipinski definition) is 4. The van der Waals surface area contributed by atoms with Crippen LogP contribution < -0.4 is 10.6 Å². The molecule has 0 spiro atoms. The van der Waals surface area contributed by atoms with E-state index in [4.69, 9.17) is 0 Å². The molecule has 2 N–H and O–H groups in total. The van der Waals surface area contributed by atoms with Gasteiger partial charge in [0.1, 0.15) is 5.69 Å². The molecular weight excluding hydrogens is 387 g/mol. The first-order valence-electron chi connectivity index (χ1n) is 8.46. The molecule has 0 atom stereocenters. The van der Waals surface area contributed by atoms with E-state index in [1.54, 1.807) is 24.3 Å². The Bertz CT molecular complexity index is 1050. The fourth-order valence-corrected chi connectivity index (χ4v) is 2.66. The number of methoxy groups -OCH3 is 1. The number of carbonyl (C=O) groups excluding carboxylic acids is 2. The molecule has 2 aromatic carbocycles. The van der Waals surface area contributed by atoms with E-state index in [0.29, 0.717) is 22.0 Å². The third kappa shape index (κ3) is 4.81. The molecule has 9 heteroatoms. The number of pyridine rings is 1. The summed E-state index contributed by atoms with van der Waals surface area (Å²) in [5.41, 5.74) is 0.385. The Morgan fingerprint density at radius 3 is 2.48 bits per heavy atom. The van der Waals surface area contributed by atoms with Gasteiger partial charge in [0, 0.05) is 18.1 Å². The second kappa shape index (κ2) is 8.17. The average molecular weight is 403 g/mol. The van der Waals surface area contributed by atoms with E-state index in [9.17, 15) is 22.8 Å². The highest BCUT2D eigenvalue weighted by Gasteiger charge is 2.29. The molecule has 0 fully saturated rings. The molecule has 2 amide bonds. The van der Waals surface area contributed by atoms with Crippen LogP contribution >= 0.6 is 0 Å². The number of benzene rings is 2. The maximum absolute atomic E-state index is 12.6. The molecule has 0 unspecified atom stereocenters. The minimum absolute atomic E-state index is 0.0550. The van der Waals surface area contributed by atoms with Crippen molar-refractivity contribution < 1.29 is 27.5 Å². The molecule has 29 heavy (non-hydrogen) atoms. The van der Waals surface area contributed by atoms with Crippen molar-refractivity contribution in [3.63, 3.8) is 0 Å². The van der Waals surface area contributed by atoms with Crippen molar-refractivity contribution in [1.82, 2.24) is 10.3 Å². The fourth-order valence-electron chi connectivity index (χ4n) is 2.66. The fraction of sp³-hybridized carbons (Fsp3) is 0.150. The van der Waals surface area contributed by atoms with Crippen LogP contribution in [0.4, 0.5) is 23.7 Å². The molecule has 0 radical (unpaired) electrons. The quantitative estimate of drug-likeness (QED) is 0.635. The van der Waals surface area contributed by atoms with E-state index in [1.807, 2.05) is 0 Å². The van der Waals surface area contributed by atoms with Crippen molar-refractivity contribution in [3.8, 4) is 0 Å². The SMILES string of the molecule is COC(=O)c1cc2cccc(NC(=O)NCc3ccc(C(F)(F)F)cc3)c2cn1. The number of amides is 2. The van der Waals surface area contributed by atoms with Crippen molar-refractivity contribution in [1.29, 1.82) is 0 Å². The number of nitrogens with zero attached hydrogens (tertiary/aromatic N) is 1. The lowest BCUT2D eigenvalue weighted by Gasteiger charge is -2.11. The molecule has 0 aliphatic rings. The molecule has 0 bridgehead atoms. The molecule has 1 heterocycles. The summed E-state index contributed by atoms with van der Waals surface area (Å²) in [5.74, 6) is -0.570. The molecule has 0 saturated heterocycles. The lowest BCUT2D eigenvalue weighted by atomic mass is 10.1. The minimum Gasteiger partial charge on any atom is -0.464 e. The highest BCUT2D eigenvalue weighted by Crippen LogP contribution is 2.29. The highest BCUT2D eigenvalue weighted by atomic mass is 19.4. The normalized spacial score (nSPS) is 11.2. The van der Waals surface area contributed by atoms with Crippen LogP contribution in [0.3, 0.4) is 0 Å². The Morgan fingerprint density at radius 2 is 1.83 bits per heavy atom. The van der Waals surface area contributed by atoms with E-state index >= 15 is 0 Å². The largest absolute Gasteiger partial charge is 0.464 e. The number of halogens is 3. The summed E-state index contributed by atoms with van der Waals surface area (Å²) in [4.78, 5) is 27.8. The van der Waals surface area contributed by atoms with Gasteiger partial charge < -0.3 is 15.4 Å². The van der Waals surface area contributed by atoms with Gasteiger partial charge >= 0.3 is 18.2 Å². The Balaban J connectivity index is 1.67. The molecular formula is C20H16F3N3O3. The minimum atomic E-state index is -4.40. The first-order valence-corrected chi connectivity index (χ1v) is 8.46. The standard InChI is InChI=1S/C20H16F3N3O3/c1-29-18(27)17-9-13-3-2-4-16(15(13)11-24-17)26-19(28)25-10-12-5-7-14(8-6-12)20(21,22)23/h2-9,11H,10H2,1H3,(H2,25,26,28). The number of anilines is 1. The summed E-state index contributed by atoms with van der Waals surface area (Å²) in [7, 11) is 1.26.